The molecular weight excluding hydrogens is 414 g/mol. The maximum absolute atomic E-state index is 13.9. The second kappa shape index (κ2) is 7.58. The molecule has 1 fully saturated rings. The van der Waals surface area contributed by atoms with E-state index in [2.05, 4.69) is 17.3 Å². The SMILES string of the molecule is CC1Cn2nccc2CN1S(=O)(=O)c1cc2ccccc2nc1NCC1(C)CCOC1. The van der Waals surface area contributed by atoms with E-state index in [-0.39, 0.29) is 16.4 Å². The van der Waals surface area contributed by atoms with Crippen molar-refractivity contribution in [3.05, 3.63) is 48.3 Å². The third kappa shape index (κ3) is 3.71. The van der Waals surface area contributed by atoms with E-state index >= 15 is 0 Å². The van der Waals surface area contributed by atoms with Crippen molar-refractivity contribution in [2.45, 2.75) is 44.3 Å². The summed E-state index contributed by atoms with van der Waals surface area (Å²) in [5, 5.41) is 8.44. The first-order chi connectivity index (χ1) is 14.9. The molecule has 8 nitrogen and oxygen atoms in total. The Morgan fingerprint density at radius 3 is 2.94 bits per heavy atom. The van der Waals surface area contributed by atoms with Crippen LogP contribution in [0.25, 0.3) is 10.9 Å². The molecule has 1 N–H and O–H groups in total. The Kier molecular flexibility index (Phi) is 4.99. The number of pyridine rings is 1. The number of hydrogen-bond donors (Lipinski definition) is 1. The molecule has 0 aliphatic carbocycles. The van der Waals surface area contributed by atoms with Gasteiger partial charge in [-0.3, -0.25) is 4.68 Å². The predicted molar refractivity (Wildman–Crippen MR) is 118 cm³/mol. The van der Waals surface area contributed by atoms with Crippen LogP contribution in [0.2, 0.25) is 0 Å². The van der Waals surface area contributed by atoms with Gasteiger partial charge in [0.15, 0.2) is 0 Å². The fourth-order valence-corrected chi connectivity index (χ4v) is 6.06. The van der Waals surface area contributed by atoms with Gasteiger partial charge in [-0.15, -0.1) is 0 Å². The Morgan fingerprint density at radius 1 is 1.29 bits per heavy atom. The van der Waals surface area contributed by atoms with Gasteiger partial charge in [0, 0.05) is 36.2 Å². The summed E-state index contributed by atoms with van der Waals surface area (Å²) in [7, 11) is -3.78. The maximum atomic E-state index is 13.9. The lowest BCUT2D eigenvalue weighted by Crippen LogP contribution is -2.45. The topological polar surface area (TPSA) is 89.4 Å². The normalized spacial score (nSPS) is 24.4. The molecule has 0 spiro atoms. The summed E-state index contributed by atoms with van der Waals surface area (Å²) in [4.78, 5) is 4.93. The Balaban J connectivity index is 1.55. The summed E-state index contributed by atoms with van der Waals surface area (Å²) in [5.74, 6) is 0.401. The number of sulfonamides is 1. The van der Waals surface area contributed by atoms with E-state index in [0.717, 1.165) is 29.6 Å². The van der Waals surface area contributed by atoms with Crippen LogP contribution in [0.1, 0.15) is 26.0 Å². The lowest BCUT2D eigenvalue weighted by Gasteiger charge is -2.33. The van der Waals surface area contributed by atoms with E-state index in [1.807, 2.05) is 41.9 Å². The number of aromatic nitrogens is 3. The Labute approximate surface area is 182 Å². The zero-order valence-corrected chi connectivity index (χ0v) is 18.6. The number of rotatable bonds is 5. The van der Waals surface area contributed by atoms with Crippen LogP contribution < -0.4 is 5.32 Å². The number of nitrogens with one attached hydrogen (secondary N) is 1. The average molecular weight is 442 g/mol. The number of ether oxygens (including phenoxy) is 1. The third-order valence-corrected chi connectivity index (χ3v) is 8.28. The number of anilines is 1. The van der Waals surface area contributed by atoms with Crippen molar-refractivity contribution in [3.63, 3.8) is 0 Å². The van der Waals surface area contributed by atoms with Crippen molar-refractivity contribution >= 4 is 26.7 Å². The monoisotopic (exact) mass is 441 g/mol. The Hall–Kier alpha value is -2.49. The predicted octanol–water partition coefficient (Wildman–Crippen LogP) is 2.86. The fourth-order valence-electron chi connectivity index (χ4n) is 4.33. The van der Waals surface area contributed by atoms with Crippen LogP contribution in [0, 0.1) is 5.41 Å². The minimum absolute atomic E-state index is 0.0424. The highest BCUT2D eigenvalue weighted by atomic mass is 32.2. The van der Waals surface area contributed by atoms with Crippen LogP contribution in [0.4, 0.5) is 5.82 Å². The molecule has 1 saturated heterocycles. The average Bonchev–Trinajstić information content (AvgIpc) is 3.39. The number of nitrogens with zero attached hydrogens (tertiary/aromatic N) is 4. The van der Waals surface area contributed by atoms with Crippen molar-refractivity contribution in [1.82, 2.24) is 19.1 Å². The van der Waals surface area contributed by atoms with Gasteiger partial charge in [-0.1, -0.05) is 25.1 Å². The summed E-state index contributed by atoms with van der Waals surface area (Å²) in [6.45, 7) is 6.87. The Morgan fingerprint density at radius 2 is 2.13 bits per heavy atom. The van der Waals surface area contributed by atoms with Gasteiger partial charge in [-0.05, 0) is 31.5 Å². The van der Waals surface area contributed by atoms with Gasteiger partial charge in [-0.2, -0.15) is 9.40 Å². The van der Waals surface area contributed by atoms with Crippen LogP contribution >= 0.6 is 0 Å². The molecule has 2 aliphatic heterocycles. The molecule has 2 unspecified atom stereocenters. The second-order valence-electron chi connectivity index (χ2n) is 8.90. The fraction of sp³-hybridized carbons (Fsp3) is 0.455. The van der Waals surface area contributed by atoms with Crippen molar-refractivity contribution < 1.29 is 13.2 Å². The summed E-state index contributed by atoms with van der Waals surface area (Å²) < 4.78 is 36.7. The summed E-state index contributed by atoms with van der Waals surface area (Å²) in [6.07, 6.45) is 2.65. The highest BCUT2D eigenvalue weighted by molar-refractivity contribution is 7.89. The van der Waals surface area contributed by atoms with Crippen molar-refractivity contribution in [1.29, 1.82) is 0 Å². The molecule has 1 aromatic carbocycles. The molecule has 5 rings (SSSR count). The number of benzene rings is 1. The molecule has 3 aromatic rings. The molecule has 164 valence electrons. The van der Waals surface area contributed by atoms with Crippen LogP contribution in [0.5, 0.6) is 0 Å². The number of hydrogen-bond acceptors (Lipinski definition) is 6. The van der Waals surface area contributed by atoms with Gasteiger partial charge >= 0.3 is 0 Å². The lowest BCUT2D eigenvalue weighted by molar-refractivity contribution is 0.164. The van der Waals surface area contributed by atoms with Crippen molar-refractivity contribution in [3.8, 4) is 0 Å². The largest absolute Gasteiger partial charge is 0.381 e. The maximum Gasteiger partial charge on any atom is 0.247 e. The summed E-state index contributed by atoms with van der Waals surface area (Å²) >= 11 is 0. The van der Waals surface area contributed by atoms with Gasteiger partial charge in [0.05, 0.1) is 30.9 Å². The molecular formula is C22H27N5O3S. The van der Waals surface area contributed by atoms with Crippen LogP contribution in [0.3, 0.4) is 0 Å². The quantitative estimate of drug-likeness (QED) is 0.655. The molecule has 0 saturated carbocycles. The molecule has 2 aliphatic rings. The Bertz CT molecular complexity index is 1220. The molecule has 31 heavy (non-hydrogen) atoms. The van der Waals surface area contributed by atoms with Gasteiger partial charge in [0.1, 0.15) is 10.7 Å². The molecule has 2 atom stereocenters. The van der Waals surface area contributed by atoms with Crippen molar-refractivity contribution in [2.24, 2.45) is 5.41 Å². The molecule has 9 heteroatoms. The van der Waals surface area contributed by atoms with Crippen LogP contribution in [0.15, 0.2) is 47.5 Å². The summed E-state index contributed by atoms with van der Waals surface area (Å²) in [5.41, 5.74) is 1.61. The highest BCUT2D eigenvalue weighted by Gasteiger charge is 2.36. The third-order valence-electron chi connectivity index (χ3n) is 6.31. The van der Waals surface area contributed by atoms with Gasteiger partial charge in [0.2, 0.25) is 10.0 Å². The van der Waals surface area contributed by atoms with E-state index in [1.165, 1.54) is 0 Å². The summed E-state index contributed by atoms with van der Waals surface area (Å²) in [6, 6.07) is 11.0. The van der Waals surface area contributed by atoms with E-state index in [1.54, 1.807) is 16.6 Å². The molecule has 2 aromatic heterocycles. The first-order valence-electron chi connectivity index (χ1n) is 10.6. The molecule has 4 heterocycles. The molecule has 0 bridgehead atoms. The van der Waals surface area contributed by atoms with E-state index in [0.29, 0.717) is 32.1 Å². The van der Waals surface area contributed by atoms with Crippen LogP contribution in [-0.4, -0.2) is 53.3 Å². The zero-order valence-electron chi connectivity index (χ0n) is 17.8. The second-order valence-corrected chi connectivity index (χ2v) is 10.8. The van der Waals surface area contributed by atoms with Gasteiger partial charge in [-0.25, -0.2) is 13.4 Å². The smallest absolute Gasteiger partial charge is 0.247 e. The van der Waals surface area contributed by atoms with Gasteiger partial charge < -0.3 is 10.1 Å². The van der Waals surface area contributed by atoms with Crippen molar-refractivity contribution in [2.75, 3.05) is 25.1 Å². The molecule has 0 amide bonds. The molecule has 0 radical (unpaired) electrons. The number of fused-ring (bicyclic) bond motifs is 2. The van der Waals surface area contributed by atoms with Gasteiger partial charge in [0.25, 0.3) is 0 Å². The minimum atomic E-state index is -3.78. The number of para-hydroxylation sites is 1. The minimum Gasteiger partial charge on any atom is -0.381 e. The highest BCUT2D eigenvalue weighted by Crippen LogP contribution is 2.33. The standard InChI is InChI=1S/C22H27N5O3S/c1-16-12-26-18(7-9-24-26)13-27(16)31(28,29)20-11-17-5-3-4-6-19(17)25-21(20)23-14-22(2)8-10-30-15-22/h3-7,9,11,16H,8,10,12-15H2,1-2H3,(H,23,25). The van der Waals surface area contributed by atoms with E-state index in [4.69, 9.17) is 9.72 Å². The van der Waals surface area contributed by atoms with E-state index in [9.17, 15) is 8.42 Å². The van der Waals surface area contributed by atoms with Crippen LogP contribution in [-0.2, 0) is 27.8 Å². The zero-order chi connectivity index (χ0) is 21.6. The first-order valence-corrected chi connectivity index (χ1v) is 12.0. The lowest BCUT2D eigenvalue weighted by atomic mass is 9.90. The van der Waals surface area contributed by atoms with E-state index < -0.39 is 10.0 Å². The first kappa shape index (κ1) is 20.4.